The number of likely N-dealkylation sites (tertiary alicyclic amines) is 1. The number of aromatic nitrogens is 2. The second-order valence-electron chi connectivity index (χ2n) is 5.48. The zero-order chi connectivity index (χ0) is 16.1. The van der Waals surface area contributed by atoms with Crippen molar-refractivity contribution in [2.24, 2.45) is 0 Å². The number of anilines is 1. The molecule has 3 rings (SSSR count). The Kier molecular flexibility index (Phi) is 5.14. The fourth-order valence-corrected chi connectivity index (χ4v) is 3.09. The van der Waals surface area contributed by atoms with Gasteiger partial charge in [-0.05, 0) is 18.9 Å². The van der Waals surface area contributed by atoms with Crippen LogP contribution in [0.15, 0.2) is 29.8 Å². The molecule has 2 aromatic rings. The third kappa shape index (κ3) is 4.46. The molecule has 8 heteroatoms. The van der Waals surface area contributed by atoms with Crippen LogP contribution >= 0.6 is 11.3 Å². The summed E-state index contributed by atoms with van der Waals surface area (Å²) >= 11 is 1.28. The summed E-state index contributed by atoms with van der Waals surface area (Å²) in [5, 5.41) is 13.5. The van der Waals surface area contributed by atoms with E-state index in [1.165, 1.54) is 17.4 Å². The number of halogens is 1. The molecule has 1 aromatic carbocycles. The van der Waals surface area contributed by atoms with E-state index in [2.05, 4.69) is 25.7 Å². The van der Waals surface area contributed by atoms with Crippen molar-refractivity contribution in [2.75, 3.05) is 18.4 Å². The van der Waals surface area contributed by atoms with Crippen molar-refractivity contribution in [1.82, 2.24) is 20.4 Å². The third-order valence-electron chi connectivity index (χ3n) is 3.86. The Balaban J connectivity index is 1.43. The van der Waals surface area contributed by atoms with Crippen LogP contribution in [0, 0.1) is 5.82 Å². The first-order valence-corrected chi connectivity index (χ1v) is 8.38. The lowest BCUT2D eigenvalue weighted by molar-refractivity contribution is 0.188. The number of rotatable bonds is 4. The lowest BCUT2D eigenvalue weighted by atomic mass is 10.0. The number of hydrogen-bond acceptors (Lipinski definition) is 5. The van der Waals surface area contributed by atoms with Crippen LogP contribution in [0.5, 0.6) is 0 Å². The summed E-state index contributed by atoms with van der Waals surface area (Å²) in [5.41, 5.74) is 2.28. The van der Waals surface area contributed by atoms with Crippen molar-refractivity contribution in [1.29, 1.82) is 0 Å². The van der Waals surface area contributed by atoms with Gasteiger partial charge in [0.25, 0.3) is 0 Å². The van der Waals surface area contributed by atoms with Crippen molar-refractivity contribution in [3.05, 3.63) is 41.2 Å². The van der Waals surface area contributed by atoms with E-state index in [0.717, 1.165) is 25.9 Å². The zero-order valence-corrected chi connectivity index (χ0v) is 13.4. The molecule has 0 saturated carbocycles. The number of urea groups is 1. The predicted molar refractivity (Wildman–Crippen MR) is 86.8 cm³/mol. The summed E-state index contributed by atoms with van der Waals surface area (Å²) in [6.07, 6.45) is 1.69. The predicted octanol–water partition coefficient (Wildman–Crippen LogP) is 2.46. The van der Waals surface area contributed by atoms with Gasteiger partial charge in [-0.25, -0.2) is 9.18 Å². The summed E-state index contributed by atoms with van der Waals surface area (Å²) in [6, 6.07) is 6.72. The van der Waals surface area contributed by atoms with Crippen molar-refractivity contribution >= 4 is 22.5 Å². The summed E-state index contributed by atoms with van der Waals surface area (Å²) in [4.78, 5) is 14.1. The van der Waals surface area contributed by atoms with Crippen LogP contribution in [0.4, 0.5) is 14.3 Å². The molecule has 1 fully saturated rings. The molecule has 0 radical (unpaired) electrons. The molecule has 6 nitrogen and oxygen atoms in total. The SMILES string of the molecule is O=C(Nc1nncs1)NC1CCN(Cc2ccccc2F)CC1. The summed E-state index contributed by atoms with van der Waals surface area (Å²) in [6.45, 7) is 2.27. The molecule has 2 N–H and O–H groups in total. The van der Waals surface area contributed by atoms with E-state index < -0.39 is 0 Å². The maximum Gasteiger partial charge on any atom is 0.321 e. The van der Waals surface area contributed by atoms with Gasteiger partial charge in [0.2, 0.25) is 5.13 Å². The van der Waals surface area contributed by atoms with Gasteiger partial charge in [0.1, 0.15) is 11.3 Å². The minimum atomic E-state index is -0.255. The Labute approximate surface area is 137 Å². The number of amides is 2. The first kappa shape index (κ1) is 15.8. The normalized spacial score (nSPS) is 16.2. The van der Waals surface area contributed by atoms with Crippen molar-refractivity contribution in [2.45, 2.75) is 25.4 Å². The van der Waals surface area contributed by atoms with Crippen LogP contribution in [0.2, 0.25) is 0 Å². The van der Waals surface area contributed by atoms with Gasteiger partial charge in [-0.15, -0.1) is 10.2 Å². The van der Waals surface area contributed by atoms with Crippen LogP contribution in [-0.2, 0) is 6.54 Å². The Hall–Kier alpha value is -2.06. The fraction of sp³-hybridized carbons (Fsp3) is 0.400. The number of hydrogen-bond donors (Lipinski definition) is 2. The van der Waals surface area contributed by atoms with Gasteiger partial charge in [-0.1, -0.05) is 29.5 Å². The molecule has 1 aliphatic rings. The van der Waals surface area contributed by atoms with Gasteiger partial charge in [0.05, 0.1) is 0 Å². The topological polar surface area (TPSA) is 70.1 Å². The number of carbonyl (C=O) groups excluding carboxylic acids is 1. The lowest BCUT2D eigenvalue weighted by Crippen LogP contribution is -2.45. The van der Waals surface area contributed by atoms with Crippen LogP contribution in [0.25, 0.3) is 0 Å². The second kappa shape index (κ2) is 7.47. The Morgan fingerprint density at radius 2 is 2.13 bits per heavy atom. The quantitative estimate of drug-likeness (QED) is 0.900. The number of benzene rings is 1. The van der Waals surface area contributed by atoms with Gasteiger partial charge in [-0.3, -0.25) is 10.2 Å². The van der Waals surface area contributed by atoms with E-state index in [9.17, 15) is 9.18 Å². The fourth-order valence-electron chi connectivity index (χ4n) is 2.65. The standard InChI is InChI=1S/C15H18FN5OS/c16-13-4-2-1-3-11(13)9-21-7-5-12(6-8-21)18-14(22)19-15-20-17-10-23-15/h1-4,10,12H,5-9H2,(H2,18,19,20,22). The zero-order valence-electron chi connectivity index (χ0n) is 12.5. The molecule has 122 valence electrons. The highest BCUT2D eigenvalue weighted by Gasteiger charge is 2.21. The minimum absolute atomic E-state index is 0.125. The van der Waals surface area contributed by atoms with Gasteiger partial charge in [0.15, 0.2) is 0 Å². The lowest BCUT2D eigenvalue weighted by Gasteiger charge is -2.32. The summed E-state index contributed by atoms with van der Waals surface area (Å²) in [5.74, 6) is -0.163. The largest absolute Gasteiger partial charge is 0.335 e. The van der Waals surface area contributed by atoms with Crippen LogP contribution in [0.1, 0.15) is 18.4 Å². The number of nitrogens with zero attached hydrogens (tertiary/aromatic N) is 3. The smallest absolute Gasteiger partial charge is 0.321 e. The Bertz CT molecular complexity index is 643. The van der Waals surface area contributed by atoms with Crippen molar-refractivity contribution in [3.63, 3.8) is 0 Å². The van der Waals surface area contributed by atoms with Gasteiger partial charge >= 0.3 is 6.03 Å². The maximum atomic E-state index is 13.7. The van der Waals surface area contributed by atoms with Crippen molar-refractivity contribution in [3.8, 4) is 0 Å². The Morgan fingerprint density at radius 1 is 1.35 bits per heavy atom. The monoisotopic (exact) mass is 335 g/mol. The first-order chi connectivity index (χ1) is 11.2. The highest BCUT2D eigenvalue weighted by Crippen LogP contribution is 2.16. The van der Waals surface area contributed by atoms with Crippen LogP contribution < -0.4 is 10.6 Å². The number of nitrogens with one attached hydrogen (secondary N) is 2. The average Bonchev–Trinajstić information content (AvgIpc) is 3.04. The Morgan fingerprint density at radius 3 is 2.83 bits per heavy atom. The molecule has 1 aromatic heterocycles. The highest BCUT2D eigenvalue weighted by atomic mass is 32.1. The van der Waals surface area contributed by atoms with E-state index in [-0.39, 0.29) is 17.9 Å². The van der Waals surface area contributed by atoms with E-state index in [1.807, 2.05) is 12.1 Å². The molecular formula is C15H18FN5OS. The molecule has 23 heavy (non-hydrogen) atoms. The summed E-state index contributed by atoms with van der Waals surface area (Å²) in [7, 11) is 0. The molecule has 0 bridgehead atoms. The number of carbonyl (C=O) groups is 1. The maximum absolute atomic E-state index is 13.7. The van der Waals surface area contributed by atoms with E-state index in [4.69, 9.17) is 0 Å². The molecule has 2 amide bonds. The molecular weight excluding hydrogens is 317 g/mol. The summed E-state index contributed by atoms with van der Waals surface area (Å²) < 4.78 is 13.7. The highest BCUT2D eigenvalue weighted by molar-refractivity contribution is 7.13. The molecule has 0 aliphatic carbocycles. The molecule has 0 atom stereocenters. The van der Waals surface area contributed by atoms with Gasteiger partial charge in [0, 0.05) is 31.2 Å². The van der Waals surface area contributed by atoms with Crippen molar-refractivity contribution < 1.29 is 9.18 Å². The van der Waals surface area contributed by atoms with E-state index in [0.29, 0.717) is 17.2 Å². The van der Waals surface area contributed by atoms with Gasteiger partial charge < -0.3 is 5.32 Å². The third-order valence-corrected chi connectivity index (χ3v) is 4.46. The van der Waals surface area contributed by atoms with E-state index in [1.54, 1.807) is 11.6 Å². The number of piperidine rings is 1. The molecule has 1 aliphatic heterocycles. The average molecular weight is 335 g/mol. The molecule has 2 heterocycles. The van der Waals surface area contributed by atoms with Crippen LogP contribution in [0.3, 0.4) is 0 Å². The molecule has 1 saturated heterocycles. The minimum Gasteiger partial charge on any atom is -0.335 e. The van der Waals surface area contributed by atoms with Crippen LogP contribution in [-0.4, -0.2) is 40.3 Å². The molecule has 0 unspecified atom stereocenters. The first-order valence-electron chi connectivity index (χ1n) is 7.50. The van der Waals surface area contributed by atoms with E-state index >= 15 is 0 Å². The molecule has 0 spiro atoms. The van der Waals surface area contributed by atoms with Gasteiger partial charge in [-0.2, -0.15) is 0 Å². The second-order valence-corrected chi connectivity index (χ2v) is 6.32.